The Bertz CT molecular complexity index is 1100. The van der Waals surface area contributed by atoms with Gasteiger partial charge in [0.25, 0.3) is 5.56 Å². The van der Waals surface area contributed by atoms with Crippen molar-refractivity contribution < 1.29 is 8.42 Å². The van der Waals surface area contributed by atoms with E-state index in [4.69, 9.17) is 0 Å². The van der Waals surface area contributed by atoms with E-state index in [0.717, 1.165) is 33.3 Å². The Morgan fingerprint density at radius 3 is 2.52 bits per heavy atom. The third-order valence-electron chi connectivity index (χ3n) is 4.24. The van der Waals surface area contributed by atoms with Gasteiger partial charge in [-0.25, -0.2) is 13.1 Å². The highest BCUT2D eigenvalue weighted by Gasteiger charge is 2.17. The molecule has 25 heavy (non-hydrogen) atoms. The van der Waals surface area contributed by atoms with Crippen molar-refractivity contribution in [1.29, 1.82) is 0 Å². The van der Waals surface area contributed by atoms with Crippen LogP contribution in [0, 0.1) is 13.8 Å². The maximum atomic E-state index is 12.4. The summed E-state index contributed by atoms with van der Waals surface area (Å²) in [7, 11) is -3.62. The van der Waals surface area contributed by atoms with E-state index >= 15 is 0 Å². The number of sulfonamides is 1. The Hall–Kier alpha value is -1.96. The zero-order valence-electron chi connectivity index (χ0n) is 14.3. The second-order valence-electron chi connectivity index (χ2n) is 6.05. The standard InChI is InChI=1S/C18H20N2O3S2/c1-4-15-5-6-17(24-15)25(22,23)19-10-14-9-13-7-11(2)12(3)8-16(13)20-18(14)21/h5-9,19H,4,10H2,1-3H3,(H,20,21). The molecule has 2 N–H and O–H groups in total. The van der Waals surface area contributed by atoms with Crippen molar-refractivity contribution >= 4 is 32.3 Å². The Balaban J connectivity index is 1.88. The molecule has 132 valence electrons. The van der Waals surface area contributed by atoms with Crippen LogP contribution in [-0.4, -0.2) is 13.4 Å². The lowest BCUT2D eigenvalue weighted by atomic mass is 10.1. The molecule has 7 heteroatoms. The van der Waals surface area contributed by atoms with Gasteiger partial charge in [0, 0.05) is 22.5 Å². The van der Waals surface area contributed by atoms with Crippen molar-refractivity contribution in [3.05, 3.63) is 62.3 Å². The monoisotopic (exact) mass is 376 g/mol. The summed E-state index contributed by atoms with van der Waals surface area (Å²) in [6.07, 6.45) is 0.795. The van der Waals surface area contributed by atoms with Gasteiger partial charge < -0.3 is 4.98 Å². The molecule has 0 saturated carbocycles. The van der Waals surface area contributed by atoms with Gasteiger partial charge in [-0.05, 0) is 67.1 Å². The van der Waals surface area contributed by atoms with Gasteiger partial charge in [0.2, 0.25) is 10.0 Å². The third-order valence-corrected chi connectivity index (χ3v) is 7.36. The first-order valence-electron chi connectivity index (χ1n) is 8.01. The van der Waals surface area contributed by atoms with Crippen LogP contribution in [0.1, 0.15) is 28.5 Å². The Labute approximate surface area is 150 Å². The van der Waals surface area contributed by atoms with Crippen LogP contribution in [0.15, 0.2) is 39.3 Å². The largest absolute Gasteiger partial charge is 0.322 e. The maximum Gasteiger partial charge on any atom is 0.252 e. The topological polar surface area (TPSA) is 79.0 Å². The van der Waals surface area contributed by atoms with Crippen LogP contribution < -0.4 is 10.3 Å². The molecule has 3 aromatic rings. The van der Waals surface area contributed by atoms with Crippen molar-refractivity contribution in [2.75, 3.05) is 0 Å². The number of aromatic nitrogens is 1. The third kappa shape index (κ3) is 3.68. The molecule has 5 nitrogen and oxygen atoms in total. The van der Waals surface area contributed by atoms with Gasteiger partial charge in [0.15, 0.2) is 0 Å². The van der Waals surface area contributed by atoms with Gasteiger partial charge in [-0.1, -0.05) is 6.92 Å². The fourth-order valence-corrected chi connectivity index (χ4v) is 4.94. The first kappa shape index (κ1) is 17.8. The molecule has 2 aromatic heterocycles. The molecule has 1 aromatic carbocycles. The van der Waals surface area contributed by atoms with E-state index in [0.29, 0.717) is 5.56 Å². The SMILES string of the molecule is CCc1ccc(S(=O)(=O)NCc2cc3cc(C)c(C)cc3[nH]c2=O)s1. The van der Waals surface area contributed by atoms with Crippen molar-refractivity contribution in [3.63, 3.8) is 0 Å². The van der Waals surface area contributed by atoms with Crippen LogP contribution in [-0.2, 0) is 23.0 Å². The van der Waals surface area contributed by atoms with E-state index in [1.165, 1.54) is 11.3 Å². The summed E-state index contributed by atoms with van der Waals surface area (Å²) in [6, 6.07) is 9.08. The molecule has 0 aliphatic rings. The molecule has 0 spiro atoms. The minimum atomic E-state index is -3.62. The Morgan fingerprint density at radius 1 is 1.12 bits per heavy atom. The van der Waals surface area contributed by atoms with Crippen LogP contribution >= 0.6 is 11.3 Å². The minimum Gasteiger partial charge on any atom is -0.322 e. The molecule has 2 heterocycles. The second kappa shape index (κ2) is 6.74. The normalized spacial score (nSPS) is 12.0. The van der Waals surface area contributed by atoms with Crippen LogP contribution in [0.5, 0.6) is 0 Å². The number of thiophene rings is 1. The number of benzene rings is 1. The summed E-state index contributed by atoms with van der Waals surface area (Å²) in [5.74, 6) is 0. The zero-order valence-corrected chi connectivity index (χ0v) is 16.0. The number of H-pyrrole nitrogens is 1. The summed E-state index contributed by atoms with van der Waals surface area (Å²) >= 11 is 1.25. The summed E-state index contributed by atoms with van der Waals surface area (Å²) < 4.78 is 27.6. The number of fused-ring (bicyclic) bond motifs is 1. The Kier molecular flexibility index (Phi) is 4.81. The van der Waals surface area contributed by atoms with Gasteiger partial charge in [0.1, 0.15) is 4.21 Å². The molecule has 0 aliphatic heterocycles. The highest BCUT2D eigenvalue weighted by molar-refractivity contribution is 7.91. The fraction of sp³-hybridized carbons (Fsp3) is 0.278. The molecular formula is C18H20N2O3S2. The number of aromatic amines is 1. The maximum absolute atomic E-state index is 12.4. The lowest BCUT2D eigenvalue weighted by molar-refractivity contribution is 0.583. The van der Waals surface area contributed by atoms with E-state index in [9.17, 15) is 13.2 Å². The summed E-state index contributed by atoms with van der Waals surface area (Å²) in [5, 5.41) is 0.890. The van der Waals surface area contributed by atoms with Gasteiger partial charge in [-0.3, -0.25) is 4.79 Å². The lowest BCUT2D eigenvalue weighted by Gasteiger charge is -2.08. The van der Waals surface area contributed by atoms with Gasteiger partial charge >= 0.3 is 0 Å². The summed E-state index contributed by atoms with van der Waals surface area (Å²) in [6.45, 7) is 5.93. The van der Waals surface area contributed by atoms with E-state index in [1.54, 1.807) is 12.1 Å². The number of nitrogens with one attached hydrogen (secondary N) is 2. The van der Waals surface area contributed by atoms with E-state index in [-0.39, 0.29) is 16.3 Å². The van der Waals surface area contributed by atoms with Crippen molar-refractivity contribution in [2.45, 2.75) is 37.9 Å². The smallest absolute Gasteiger partial charge is 0.252 e. The van der Waals surface area contributed by atoms with Gasteiger partial charge in [-0.2, -0.15) is 0 Å². The van der Waals surface area contributed by atoms with E-state index in [1.807, 2.05) is 39.0 Å². The second-order valence-corrected chi connectivity index (χ2v) is 9.21. The van der Waals surface area contributed by atoms with Crippen molar-refractivity contribution in [2.24, 2.45) is 0 Å². The van der Waals surface area contributed by atoms with E-state index < -0.39 is 10.0 Å². The number of hydrogen-bond acceptors (Lipinski definition) is 4. The number of aryl methyl sites for hydroxylation is 3. The molecule has 0 saturated heterocycles. The van der Waals surface area contributed by atoms with Crippen molar-refractivity contribution in [3.8, 4) is 0 Å². The predicted octanol–water partition coefficient (Wildman–Crippen LogP) is 3.25. The molecule has 0 atom stereocenters. The molecular weight excluding hydrogens is 356 g/mol. The van der Waals surface area contributed by atoms with Crippen LogP contribution in [0.2, 0.25) is 0 Å². The van der Waals surface area contributed by atoms with Gasteiger partial charge in [-0.15, -0.1) is 11.3 Å². The first-order valence-corrected chi connectivity index (χ1v) is 10.3. The van der Waals surface area contributed by atoms with Crippen LogP contribution in [0.4, 0.5) is 0 Å². The molecule has 0 aliphatic carbocycles. The van der Waals surface area contributed by atoms with Crippen molar-refractivity contribution in [1.82, 2.24) is 9.71 Å². The molecule has 0 unspecified atom stereocenters. The van der Waals surface area contributed by atoms with E-state index in [2.05, 4.69) is 9.71 Å². The first-order chi connectivity index (χ1) is 11.8. The highest BCUT2D eigenvalue weighted by atomic mass is 32.2. The molecule has 3 rings (SSSR count). The summed E-state index contributed by atoms with van der Waals surface area (Å²) in [5.41, 5.74) is 3.09. The molecule has 0 amide bonds. The Morgan fingerprint density at radius 2 is 1.84 bits per heavy atom. The van der Waals surface area contributed by atoms with Crippen LogP contribution in [0.25, 0.3) is 10.9 Å². The fourth-order valence-electron chi connectivity index (χ4n) is 2.59. The zero-order chi connectivity index (χ0) is 18.2. The quantitative estimate of drug-likeness (QED) is 0.717. The molecule has 0 radical (unpaired) electrons. The number of hydrogen-bond donors (Lipinski definition) is 2. The van der Waals surface area contributed by atoms with Crippen LogP contribution in [0.3, 0.4) is 0 Å². The highest BCUT2D eigenvalue weighted by Crippen LogP contribution is 2.22. The van der Waals surface area contributed by atoms with Gasteiger partial charge in [0.05, 0.1) is 0 Å². The molecule has 0 fully saturated rings. The summed E-state index contributed by atoms with van der Waals surface area (Å²) in [4.78, 5) is 16.1. The number of pyridine rings is 1. The predicted molar refractivity (Wildman–Crippen MR) is 102 cm³/mol. The molecule has 0 bridgehead atoms. The number of rotatable bonds is 5. The average Bonchev–Trinajstić information content (AvgIpc) is 3.05. The minimum absolute atomic E-state index is 0.0418. The lowest BCUT2D eigenvalue weighted by Crippen LogP contribution is -2.26. The average molecular weight is 377 g/mol.